The Labute approximate surface area is 415 Å². The van der Waals surface area contributed by atoms with Crippen LogP contribution in [0.1, 0.15) is 27.8 Å². The maximum atomic E-state index is 4.87. The van der Waals surface area contributed by atoms with Gasteiger partial charge in [-0.3, -0.25) is 15.0 Å². The molecule has 9 aromatic carbocycles. The lowest BCUT2D eigenvalue weighted by molar-refractivity contribution is 0.931. The molecule has 0 aliphatic heterocycles. The van der Waals surface area contributed by atoms with Gasteiger partial charge in [0.1, 0.15) is 0 Å². The Morgan fingerprint density at radius 3 is 1.28 bits per heavy atom. The Morgan fingerprint density at radius 1 is 0.254 bits per heavy atom. The van der Waals surface area contributed by atoms with Gasteiger partial charge in [0.15, 0.2) is 0 Å². The maximum absolute atomic E-state index is 4.87. The average Bonchev–Trinajstić information content (AvgIpc) is 3.44. The fourth-order valence-corrected chi connectivity index (χ4v) is 10.5. The van der Waals surface area contributed by atoms with Crippen LogP contribution in [0.3, 0.4) is 0 Å². The van der Waals surface area contributed by atoms with E-state index in [1.54, 1.807) is 0 Å². The van der Waals surface area contributed by atoms with E-state index in [-0.39, 0.29) is 0 Å². The van der Waals surface area contributed by atoms with E-state index in [1.807, 2.05) is 42.9 Å². The number of nitrogens with zero attached hydrogens (tertiary/aromatic N) is 3. The average molecular weight is 910 g/mol. The Bertz CT molecular complexity index is 3720. The van der Waals surface area contributed by atoms with Gasteiger partial charge in [-0.15, -0.1) is 0 Å². The summed E-state index contributed by atoms with van der Waals surface area (Å²) in [7, 11) is 0. The van der Waals surface area contributed by atoms with Crippen molar-refractivity contribution in [1.29, 1.82) is 0 Å². The number of hydrogen-bond acceptors (Lipinski definition) is 3. The highest BCUT2D eigenvalue weighted by atomic mass is 14.7. The van der Waals surface area contributed by atoms with Crippen molar-refractivity contribution in [3.63, 3.8) is 0 Å². The van der Waals surface area contributed by atoms with Crippen LogP contribution in [0, 0.1) is 6.92 Å². The first-order chi connectivity index (χ1) is 35.1. The van der Waals surface area contributed by atoms with Gasteiger partial charge in [0.05, 0.1) is 17.1 Å². The van der Waals surface area contributed by atoms with E-state index >= 15 is 0 Å². The zero-order chi connectivity index (χ0) is 47.5. The molecule has 71 heavy (non-hydrogen) atoms. The van der Waals surface area contributed by atoms with E-state index in [9.17, 15) is 0 Å². The summed E-state index contributed by atoms with van der Waals surface area (Å²) in [6, 6.07) is 82.2. The third-order valence-electron chi connectivity index (χ3n) is 14.1. The van der Waals surface area contributed by atoms with Gasteiger partial charge in [-0.25, -0.2) is 0 Å². The zero-order valence-electron chi connectivity index (χ0n) is 39.8. The molecule has 3 nitrogen and oxygen atoms in total. The summed E-state index contributed by atoms with van der Waals surface area (Å²) in [4.78, 5) is 14.0. The normalized spacial score (nSPS) is 11.4. The number of hydrogen-bond donors (Lipinski definition) is 0. The van der Waals surface area contributed by atoms with Crippen molar-refractivity contribution < 1.29 is 0 Å². The predicted octanol–water partition coefficient (Wildman–Crippen LogP) is 17.2. The third kappa shape index (κ3) is 9.02. The highest BCUT2D eigenvalue weighted by Crippen LogP contribution is 2.43. The molecule has 0 bridgehead atoms. The Kier molecular flexibility index (Phi) is 11.8. The quantitative estimate of drug-likeness (QED) is 0.115. The fraction of sp³-hybridized carbons (Fsp3) is 0.0735. The van der Waals surface area contributed by atoms with E-state index in [0.29, 0.717) is 0 Å². The lowest BCUT2D eigenvalue weighted by Crippen LogP contribution is -1.98. The second kappa shape index (κ2) is 19.3. The Morgan fingerprint density at radius 2 is 0.718 bits per heavy atom. The van der Waals surface area contributed by atoms with Crippen LogP contribution in [-0.4, -0.2) is 15.0 Å². The summed E-state index contributed by atoms with van der Waals surface area (Å²) in [5.41, 5.74) is 20.0. The van der Waals surface area contributed by atoms with Crippen molar-refractivity contribution in [2.24, 2.45) is 0 Å². The summed E-state index contributed by atoms with van der Waals surface area (Å²) in [6.45, 7) is 2.14. The smallest absolute Gasteiger partial charge is 0.0704 e. The minimum atomic E-state index is 0.924. The first-order valence-corrected chi connectivity index (χ1v) is 24.7. The van der Waals surface area contributed by atoms with Crippen molar-refractivity contribution >= 4 is 32.3 Å². The van der Waals surface area contributed by atoms with Crippen LogP contribution in [-0.2, 0) is 25.7 Å². The molecule has 0 fully saturated rings. The topological polar surface area (TPSA) is 38.7 Å². The highest BCUT2D eigenvalue weighted by Gasteiger charge is 2.18. The molecule has 0 spiro atoms. The van der Waals surface area contributed by atoms with E-state index in [0.717, 1.165) is 59.5 Å². The molecule has 0 N–H and O–H groups in total. The molecule has 12 rings (SSSR count). The monoisotopic (exact) mass is 909 g/mol. The van der Waals surface area contributed by atoms with Gasteiger partial charge in [-0.2, -0.15) is 0 Å². The maximum Gasteiger partial charge on any atom is 0.0704 e. The molecule has 12 aromatic rings. The van der Waals surface area contributed by atoms with Gasteiger partial charge in [-0.05, 0) is 175 Å². The van der Waals surface area contributed by atoms with Gasteiger partial charge < -0.3 is 0 Å². The van der Waals surface area contributed by atoms with Crippen LogP contribution in [0.2, 0.25) is 0 Å². The SMILES string of the molecule is Cc1ccnc(-c2ccc(-c3ccccc3-c3cc(CCc4ccc(-c5ccccn5)cc4)cc(CCc4ccc(-c5ccccn5)cc4)c3)c(-c3ccc4c5ccccc5c5ccccc5c4c3)c2)c1. The molecule has 0 aliphatic carbocycles. The minimum Gasteiger partial charge on any atom is -0.256 e. The van der Waals surface area contributed by atoms with Crippen LogP contribution in [0.25, 0.3) is 99.5 Å². The fourth-order valence-electron chi connectivity index (χ4n) is 10.5. The number of rotatable bonds is 12. The molecular formula is C68H51N3. The van der Waals surface area contributed by atoms with Crippen molar-refractivity contribution in [2.45, 2.75) is 32.6 Å². The minimum absolute atomic E-state index is 0.924. The molecule has 3 aromatic heterocycles. The first-order valence-electron chi connectivity index (χ1n) is 24.7. The zero-order valence-corrected chi connectivity index (χ0v) is 39.8. The summed E-state index contributed by atoms with van der Waals surface area (Å²) >= 11 is 0. The van der Waals surface area contributed by atoms with Crippen molar-refractivity contribution in [1.82, 2.24) is 15.0 Å². The third-order valence-corrected chi connectivity index (χ3v) is 14.1. The van der Waals surface area contributed by atoms with Crippen LogP contribution in [0.5, 0.6) is 0 Å². The summed E-state index contributed by atoms with van der Waals surface area (Å²) < 4.78 is 0. The van der Waals surface area contributed by atoms with E-state index in [2.05, 4.69) is 217 Å². The lowest BCUT2D eigenvalue weighted by Gasteiger charge is -2.19. The molecule has 338 valence electrons. The van der Waals surface area contributed by atoms with E-state index in [1.165, 1.54) is 93.5 Å². The molecule has 0 radical (unpaired) electrons. The number of aryl methyl sites for hydroxylation is 5. The molecule has 3 heteroatoms. The van der Waals surface area contributed by atoms with Crippen LogP contribution < -0.4 is 0 Å². The van der Waals surface area contributed by atoms with Gasteiger partial charge in [0.25, 0.3) is 0 Å². The van der Waals surface area contributed by atoms with Crippen LogP contribution >= 0.6 is 0 Å². The van der Waals surface area contributed by atoms with Crippen molar-refractivity contribution in [3.8, 4) is 67.2 Å². The van der Waals surface area contributed by atoms with Crippen molar-refractivity contribution in [2.75, 3.05) is 0 Å². The standard InChI is InChI=1S/C68H51N3/c1-46-36-39-71-68(40-46)54-33-35-62(64(45-54)53-32-34-63-60-16-5-4-14-58(60)59-15-6-7-17-61(59)65(63)44-53)57-13-3-2-12-56(57)55-42-49(22-20-47-24-28-51(29-25-47)66-18-8-10-37-69-66)41-50(43-55)23-21-48-26-30-52(31-27-48)67-19-9-11-38-70-67/h2-19,24-45H,20-23H2,1H3. The van der Waals surface area contributed by atoms with E-state index < -0.39 is 0 Å². The van der Waals surface area contributed by atoms with Gasteiger partial charge in [0, 0.05) is 35.3 Å². The Balaban J connectivity index is 0.958. The lowest BCUT2D eigenvalue weighted by atomic mass is 9.85. The number of benzene rings is 9. The number of aromatic nitrogens is 3. The molecular weight excluding hydrogens is 859 g/mol. The first kappa shape index (κ1) is 43.5. The number of fused-ring (bicyclic) bond motifs is 6. The van der Waals surface area contributed by atoms with Gasteiger partial charge in [-0.1, -0.05) is 176 Å². The van der Waals surface area contributed by atoms with Crippen LogP contribution in [0.15, 0.2) is 243 Å². The summed E-state index contributed by atoms with van der Waals surface area (Å²) in [5.74, 6) is 0. The second-order valence-electron chi connectivity index (χ2n) is 18.7. The molecule has 3 heterocycles. The molecule has 0 atom stereocenters. The molecule has 0 unspecified atom stereocenters. The summed E-state index contributed by atoms with van der Waals surface area (Å²) in [5, 5.41) is 7.61. The second-order valence-corrected chi connectivity index (χ2v) is 18.7. The number of pyridine rings is 3. The highest BCUT2D eigenvalue weighted by molar-refractivity contribution is 6.25. The molecule has 0 aliphatic rings. The predicted molar refractivity (Wildman–Crippen MR) is 297 cm³/mol. The van der Waals surface area contributed by atoms with Gasteiger partial charge >= 0.3 is 0 Å². The summed E-state index contributed by atoms with van der Waals surface area (Å²) in [6.07, 6.45) is 9.35. The molecule has 0 saturated heterocycles. The van der Waals surface area contributed by atoms with Gasteiger partial charge in [0.2, 0.25) is 0 Å². The Hall–Kier alpha value is -8.79. The molecule has 0 saturated carbocycles. The van der Waals surface area contributed by atoms with Crippen molar-refractivity contribution in [3.05, 3.63) is 271 Å². The van der Waals surface area contributed by atoms with E-state index in [4.69, 9.17) is 4.98 Å². The largest absolute Gasteiger partial charge is 0.256 e. The molecule has 0 amide bonds. The van der Waals surface area contributed by atoms with Crippen LogP contribution in [0.4, 0.5) is 0 Å².